The highest BCUT2D eigenvalue weighted by molar-refractivity contribution is 5.93. The van der Waals surface area contributed by atoms with Crippen molar-refractivity contribution < 1.29 is 4.79 Å². The van der Waals surface area contributed by atoms with Crippen LogP contribution in [0.2, 0.25) is 0 Å². The normalized spacial score (nSPS) is 10.7. The maximum absolute atomic E-state index is 11.0. The number of carbonyl (C=O) groups is 1. The number of aromatic nitrogens is 1. The molecule has 0 aliphatic carbocycles. The zero-order valence-electron chi connectivity index (χ0n) is 9.71. The predicted octanol–water partition coefficient (Wildman–Crippen LogP) is 1.93. The van der Waals surface area contributed by atoms with Crippen molar-refractivity contribution >= 4 is 23.7 Å². The number of rotatable bonds is 3. The van der Waals surface area contributed by atoms with E-state index in [1.807, 2.05) is 36.4 Å². The van der Waals surface area contributed by atoms with E-state index < -0.39 is 5.91 Å². The molecule has 4 N–H and O–H groups in total. The molecular weight excluding hydrogens is 226 g/mol. The zero-order chi connectivity index (χ0) is 13.0. The minimum Gasteiger partial charge on any atom is -0.399 e. The molecule has 1 heterocycles. The van der Waals surface area contributed by atoms with Crippen molar-refractivity contribution in [3.8, 4) is 0 Å². The summed E-state index contributed by atoms with van der Waals surface area (Å²) in [6.07, 6.45) is 6.86. The minimum absolute atomic E-state index is 0.393. The average Bonchev–Trinajstić information content (AvgIpc) is 2.37. The number of carbonyl (C=O) groups excluding carboxylic acids is 1. The lowest BCUT2D eigenvalue weighted by Crippen LogP contribution is -2.11. The molecule has 0 aliphatic rings. The fourth-order valence-corrected chi connectivity index (χ4v) is 1.54. The third-order valence-corrected chi connectivity index (χ3v) is 2.42. The molecule has 1 aromatic heterocycles. The van der Waals surface area contributed by atoms with E-state index in [0.717, 1.165) is 11.1 Å². The molecule has 1 amide bonds. The molecule has 18 heavy (non-hydrogen) atoms. The van der Waals surface area contributed by atoms with Gasteiger partial charge < -0.3 is 11.5 Å². The molecule has 0 spiro atoms. The summed E-state index contributed by atoms with van der Waals surface area (Å²) >= 11 is 0. The lowest BCUT2D eigenvalue weighted by molar-refractivity contribution is 0.1000. The number of nitrogens with two attached hydrogens (primary N) is 2. The predicted molar refractivity (Wildman–Crippen MR) is 72.5 cm³/mol. The Morgan fingerprint density at radius 1 is 1.11 bits per heavy atom. The first kappa shape index (κ1) is 11.9. The van der Waals surface area contributed by atoms with Gasteiger partial charge in [-0.05, 0) is 29.3 Å². The van der Waals surface area contributed by atoms with Crippen LogP contribution in [-0.2, 0) is 0 Å². The van der Waals surface area contributed by atoms with Gasteiger partial charge in [0.15, 0.2) is 0 Å². The molecule has 0 radical (unpaired) electrons. The number of hydrogen-bond acceptors (Lipinski definition) is 3. The standard InChI is InChI=1S/C14H13N3O/c15-13-3-1-2-10(7-13)4-5-11-6-12(14(16)18)9-17-8-11/h1-9H,15H2,(H2,16,18)/b5-4+. The van der Waals surface area contributed by atoms with Crippen molar-refractivity contribution in [1.82, 2.24) is 4.98 Å². The van der Waals surface area contributed by atoms with Crippen molar-refractivity contribution in [3.05, 3.63) is 59.4 Å². The van der Waals surface area contributed by atoms with Crippen LogP contribution in [0.4, 0.5) is 5.69 Å². The van der Waals surface area contributed by atoms with E-state index in [1.165, 1.54) is 6.20 Å². The third-order valence-electron chi connectivity index (χ3n) is 2.42. The number of benzene rings is 1. The molecule has 0 saturated carbocycles. The van der Waals surface area contributed by atoms with Crippen LogP contribution in [0.25, 0.3) is 12.2 Å². The van der Waals surface area contributed by atoms with Gasteiger partial charge in [-0.1, -0.05) is 24.3 Å². The Morgan fingerprint density at radius 3 is 2.61 bits per heavy atom. The number of hydrogen-bond donors (Lipinski definition) is 2. The molecule has 4 nitrogen and oxygen atoms in total. The molecule has 0 unspecified atom stereocenters. The van der Waals surface area contributed by atoms with Crippen LogP contribution in [0.15, 0.2) is 42.7 Å². The Labute approximate surface area is 105 Å². The quantitative estimate of drug-likeness (QED) is 0.803. The number of primary amides is 1. The van der Waals surface area contributed by atoms with Crippen molar-refractivity contribution in [2.45, 2.75) is 0 Å². The van der Waals surface area contributed by atoms with Crippen LogP contribution in [0, 0.1) is 0 Å². The Morgan fingerprint density at radius 2 is 1.89 bits per heavy atom. The molecule has 1 aromatic carbocycles. The Hall–Kier alpha value is -2.62. The number of nitrogen functional groups attached to an aromatic ring is 1. The lowest BCUT2D eigenvalue weighted by atomic mass is 10.1. The summed E-state index contributed by atoms with van der Waals surface area (Å²) < 4.78 is 0. The smallest absolute Gasteiger partial charge is 0.250 e. The maximum atomic E-state index is 11.0. The van der Waals surface area contributed by atoms with E-state index in [0.29, 0.717) is 11.3 Å². The van der Waals surface area contributed by atoms with Gasteiger partial charge in [-0.15, -0.1) is 0 Å². The van der Waals surface area contributed by atoms with E-state index in [1.54, 1.807) is 12.3 Å². The largest absolute Gasteiger partial charge is 0.399 e. The molecule has 0 atom stereocenters. The first-order chi connectivity index (χ1) is 8.65. The summed E-state index contributed by atoms with van der Waals surface area (Å²) in [6, 6.07) is 9.21. The number of amides is 1. The Kier molecular flexibility index (Phi) is 3.38. The highest BCUT2D eigenvalue weighted by atomic mass is 16.1. The molecule has 2 aromatic rings. The minimum atomic E-state index is -0.485. The Bertz CT molecular complexity index is 605. The molecule has 90 valence electrons. The van der Waals surface area contributed by atoms with Gasteiger partial charge in [0.25, 0.3) is 0 Å². The van der Waals surface area contributed by atoms with Crippen LogP contribution >= 0.6 is 0 Å². The third kappa shape index (κ3) is 2.95. The van der Waals surface area contributed by atoms with Crippen molar-refractivity contribution in [3.63, 3.8) is 0 Å². The van der Waals surface area contributed by atoms with Crippen LogP contribution in [-0.4, -0.2) is 10.9 Å². The van der Waals surface area contributed by atoms with Crippen molar-refractivity contribution in [2.75, 3.05) is 5.73 Å². The van der Waals surface area contributed by atoms with Gasteiger partial charge in [0, 0.05) is 18.1 Å². The zero-order valence-corrected chi connectivity index (χ0v) is 9.71. The van der Waals surface area contributed by atoms with E-state index >= 15 is 0 Å². The first-order valence-corrected chi connectivity index (χ1v) is 5.43. The molecule has 0 fully saturated rings. The van der Waals surface area contributed by atoms with Gasteiger partial charge in [0.1, 0.15) is 0 Å². The van der Waals surface area contributed by atoms with E-state index in [9.17, 15) is 4.79 Å². The summed E-state index contributed by atoms with van der Waals surface area (Å²) in [4.78, 5) is 15.0. The molecular formula is C14H13N3O. The van der Waals surface area contributed by atoms with Crippen molar-refractivity contribution in [2.24, 2.45) is 5.73 Å². The van der Waals surface area contributed by atoms with Gasteiger partial charge in [0.2, 0.25) is 5.91 Å². The van der Waals surface area contributed by atoms with Crippen LogP contribution in [0.1, 0.15) is 21.5 Å². The second-order valence-corrected chi connectivity index (χ2v) is 3.87. The number of pyridine rings is 1. The van der Waals surface area contributed by atoms with E-state index in [2.05, 4.69) is 4.98 Å². The van der Waals surface area contributed by atoms with Crippen LogP contribution in [0.3, 0.4) is 0 Å². The van der Waals surface area contributed by atoms with Crippen molar-refractivity contribution in [1.29, 1.82) is 0 Å². The highest BCUT2D eigenvalue weighted by Crippen LogP contribution is 2.11. The first-order valence-electron chi connectivity index (χ1n) is 5.43. The summed E-state index contributed by atoms with van der Waals surface area (Å²) in [7, 11) is 0. The van der Waals surface area contributed by atoms with Gasteiger partial charge in [-0.25, -0.2) is 0 Å². The fraction of sp³-hybridized carbons (Fsp3) is 0. The van der Waals surface area contributed by atoms with E-state index in [4.69, 9.17) is 11.5 Å². The Balaban J connectivity index is 2.23. The van der Waals surface area contributed by atoms with E-state index in [-0.39, 0.29) is 0 Å². The number of anilines is 1. The summed E-state index contributed by atoms with van der Waals surface area (Å²) in [5, 5.41) is 0. The second kappa shape index (κ2) is 5.14. The monoisotopic (exact) mass is 239 g/mol. The highest BCUT2D eigenvalue weighted by Gasteiger charge is 2.00. The van der Waals surface area contributed by atoms with Crippen LogP contribution < -0.4 is 11.5 Å². The average molecular weight is 239 g/mol. The molecule has 0 aliphatic heterocycles. The summed E-state index contributed by atoms with van der Waals surface area (Å²) in [5.74, 6) is -0.485. The summed E-state index contributed by atoms with van der Waals surface area (Å²) in [6.45, 7) is 0. The second-order valence-electron chi connectivity index (χ2n) is 3.87. The van der Waals surface area contributed by atoms with Gasteiger partial charge in [-0.2, -0.15) is 0 Å². The molecule has 0 bridgehead atoms. The maximum Gasteiger partial charge on any atom is 0.250 e. The van der Waals surface area contributed by atoms with Crippen LogP contribution in [0.5, 0.6) is 0 Å². The van der Waals surface area contributed by atoms with Gasteiger partial charge in [0.05, 0.1) is 5.56 Å². The fourth-order valence-electron chi connectivity index (χ4n) is 1.54. The molecule has 0 saturated heterocycles. The molecule has 4 heteroatoms. The topological polar surface area (TPSA) is 82.0 Å². The van der Waals surface area contributed by atoms with Gasteiger partial charge in [-0.3, -0.25) is 9.78 Å². The lowest BCUT2D eigenvalue weighted by Gasteiger charge is -1.98. The van der Waals surface area contributed by atoms with Gasteiger partial charge >= 0.3 is 0 Å². The summed E-state index contributed by atoms with van der Waals surface area (Å²) in [5.41, 5.74) is 13.8. The molecule has 2 rings (SSSR count). The SMILES string of the molecule is NC(=O)c1cncc(/C=C/c2cccc(N)c2)c1. The number of nitrogens with zero attached hydrogens (tertiary/aromatic N) is 1.